The van der Waals surface area contributed by atoms with Crippen LogP contribution in [0.5, 0.6) is 11.5 Å². The quantitative estimate of drug-likeness (QED) is 0.253. The topological polar surface area (TPSA) is 48.7 Å². The number of hydrogen-bond donors (Lipinski definition) is 0. The van der Waals surface area contributed by atoms with E-state index < -0.39 is 0 Å². The van der Waals surface area contributed by atoms with Crippen LogP contribution in [0.4, 0.5) is 0 Å². The van der Waals surface area contributed by atoms with Gasteiger partial charge >= 0.3 is 5.97 Å². The van der Waals surface area contributed by atoms with Gasteiger partial charge in [-0.15, -0.1) is 0 Å². The van der Waals surface area contributed by atoms with Crippen molar-refractivity contribution in [2.75, 3.05) is 6.61 Å². The Morgan fingerprint density at radius 2 is 1.63 bits per heavy atom. The van der Waals surface area contributed by atoms with Gasteiger partial charge in [-0.3, -0.25) is 4.79 Å². The minimum atomic E-state index is -0.269. The van der Waals surface area contributed by atoms with Crippen LogP contribution in [0.1, 0.15) is 18.4 Å². The zero-order chi connectivity index (χ0) is 18.6. The summed E-state index contributed by atoms with van der Waals surface area (Å²) in [7, 11) is 0. The van der Waals surface area contributed by atoms with E-state index in [1.807, 2.05) is 67.6 Å². The molecule has 4 rings (SSSR count). The van der Waals surface area contributed by atoms with Crippen molar-refractivity contribution in [2.24, 2.45) is 0 Å². The summed E-state index contributed by atoms with van der Waals surface area (Å²) in [6.07, 6.45) is 0.902. The van der Waals surface area contributed by atoms with Gasteiger partial charge in [0.2, 0.25) is 0 Å². The van der Waals surface area contributed by atoms with E-state index in [4.69, 9.17) is 13.9 Å². The molecule has 1 aromatic heterocycles. The highest BCUT2D eigenvalue weighted by Gasteiger charge is 2.10. The van der Waals surface area contributed by atoms with Gasteiger partial charge in [0.25, 0.3) is 0 Å². The molecule has 0 atom stereocenters. The lowest BCUT2D eigenvalue weighted by Crippen LogP contribution is -2.09. The number of benzene rings is 3. The van der Waals surface area contributed by atoms with E-state index in [9.17, 15) is 4.79 Å². The van der Waals surface area contributed by atoms with Crippen LogP contribution in [0, 0.1) is 6.92 Å². The smallest absolute Gasteiger partial charge is 0.311 e. The fourth-order valence-corrected chi connectivity index (χ4v) is 2.99. The first-order valence-corrected chi connectivity index (χ1v) is 9.00. The number of fused-ring (bicyclic) bond motifs is 3. The molecule has 0 N–H and O–H groups in total. The molecule has 0 unspecified atom stereocenters. The van der Waals surface area contributed by atoms with Crippen molar-refractivity contribution in [1.29, 1.82) is 0 Å². The lowest BCUT2D eigenvalue weighted by molar-refractivity contribution is -0.134. The summed E-state index contributed by atoms with van der Waals surface area (Å²) >= 11 is 0. The minimum Gasteiger partial charge on any atom is -0.494 e. The molecule has 0 fully saturated rings. The van der Waals surface area contributed by atoms with Gasteiger partial charge in [-0.1, -0.05) is 35.9 Å². The van der Waals surface area contributed by atoms with Gasteiger partial charge in [0.05, 0.1) is 6.61 Å². The number of ether oxygens (including phenoxy) is 2. The van der Waals surface area contributed by atoms with E-state index in [1.165, 1.54) is 5.56 Å². The standard InChI is InChI=1S/C23H20O4/c1-16-8-10-17(11-9-16)25-14-4-7-23(24)26-18-12-13-22-20(15-18)19-5-2-3-6-21(19)27-22/h2-3,5-6,8-13,15H,4,7,14H2,1H3. The van der Waals surface area contributed by atoms with Crippen LogP contribution in [0.2, 0.25) is 0 Å². The number of aryl methyl sites for hydroxylation is 1. The van der Waals surface area contributed by atoms with Crippen molar-refractivity contribution in [3.63, 3.8) is 0 Å². The van der Waals surface area contributed by atoms with Gasteiger partial charge in [-0.05, 0) is 49.7 Å². The average molecular weight is 360 g/mol. The van der Waals surface area contributed by atoms with E-state index in [1.54, 1.807) is 6.07 Å². The Balaban J connectivity index is 1.33. The number of carbonyl (C=O) groups excluding carboxylic acids is 1. The Morgan fingerprint density at radius 1 is 0.889 bits per heavy atom. The molecule has 4 nitrogen and oxygen atoms in total. The predicted octanol–water partition coefficient (Wildman–Crippen LogP) is 5.66. The SMILES string of the molecule is Cc1ccc(OCCCC(=O)Oc2ccc3oc4ccccc4c3c2)cc1. The molecular formula is C23H20O4. The molecule has 1 heterocycles. The summed E-state index contributed by atoms with van der Waals surface area (Å²) in [6.45, 7) is 2.51. The van der Waals surface area contributed by atoms with E-state index >= 15 is 0 Å². The number of para-hydroxylation sites is 1. The van der Waals surface area contributed by atoms with Crippen molar-refractivity contribution in [2.45, 2.75) is 19.8 Å². The average Bonchev–Trinajstić information content (AvgIpc) is 3.05. The van der Waals surface area contributed by atoms with Gasteiger partial charge in [-0.25, -0.2) is 0 Å². The number of furan rings is 1. The fourth-order valence-electron chi connectivity index (χ4n) is 2.99. The number of esters is 1. The van der Waals surface area contributed by atoms with Crippen molar-refractivity contribution < 1.29 is 18.7 Å². The normalized spacial score (nSPS) is 11.0. The maximum Gasteiger partial charge on any atom is 0.311 e. The largest absolute Gasteiger partial charge is 0.494 e. The first-order chi connectivity index (χ1) is 13.2. The van der Waals surface area contributed by atoms with E-state index in [-0.39, 0.29) is 5.97 Å². The summed E-state index contributed by atoms with van der Waals surface area (Å²) in [5.41, 5.74) is 2.79. The Labute approximate surface area is 157 Å². The van der Waals surface area contributed by atoms with Crippen LogP contribution in [0.25, 0.3) is 21.9 Å². The van der Waals surface area contributed by atoms with Crippen LogP contribution in [-0.2, 0) is 4.79 Å². The van der Waals surface area contributed by atoms with Crippen LogP contribution in [0.15, 0.2) is 71.1 Å². The summed E-state index contributed by atoms with van der Waals surface area (Å²) in [4.78, 5) is 12.1. The molecule has 3 aromatic carbocycles. The molecule has 0 bridgehead atoms. The van der Waals surface area contributed by atoms with Crippen molar-refractivity contribution in [1.82, 2.24) is 0 Å². The Morgan fingerprint density at radius 3 is 2.48 bits per heavy atom. The summed E-state index contributed by atoms with van der Waals surface area (Å²) in [6, 6.07) is 21.1. The predicted molar refractivity (Wildman–Crippen MR) is 105 cm³/mol. The number of carbonyl (C=O) groups is 1. The molecule has 4 aromatic rings. The first kappa shape index (κ1) is 17.2. The summed E-state index contributed by atoms with van der Waals surface area (Å²) in [5, 5.41) is 1.95. The van der Waals surface area contributed by atoms with Gasteiger partial charge in [-0.2, -0.15) is 0 Å². The zero-order valence-corrected chi connectivity index (χ0v) is 15.1. The molecule has 0 spiro atoms. The van der Waals surface area contributed by atoms with E-state index in [2.05, 4.69) is 0 Å². The second-order valence-electron chi connectivity index (χ2n) is 6.50. The third kappa shape index (κ3) is 3.95. The summed E-state index contributed by atoms with van der Waals surface area (Å²) < 4.78 is 16.9. The third-order valence-electron chi connectivity index (χ3n) is 4.39. The molecule has 0 aliphatic rings. The van der Waals surface area contributed by atoms with Gasteiger partial charge < -0.3 is 13.9 Å². The second-order valence-corrected chi connectivity index (χ2v) is 6.50. The van der Waals surface area contributed by atoms with E-state index in [0.717, 1.165) is 27.7 Å². The Hall–Kier alpha value is -3.27. The summed E-state index contributed by atoms with van der Waals surface area (Å²) in [5.74, 6) is 1.07. The van der Waals surface area contributed by atoms with E-state index in [0.29, 0.717) is 25.2 Å². The fraction of sp³-hybridized carbons (Fsp3) is 0.174. The Bertz CT molecular complexity index is 1080. The van der Waals surface area contributed by atoms with Crippen LogP contribution in [0.3, 0.4) is 0 Å². The number of hydrogen-bond acceptors (Lipinski definition) is 4. The highest BCUT2D eigenvalue weighted by atomic mass is 16.5. The number of rotatable bonds is 6. The second kappa shape index (κ2) is 7.54. The lowest BCUT2D eigenvalue weighted by atomic mass is 10.1. The molecule has 0 amide bonds. The minimum absolute atomic E-state index is 0.269. The third-order valence-corrected chi connectivity index (χ3v) is 4.39. The maximum atomic E-state index is 12.1. The van der Waals surface area contributed by atoms with Crippen molar-refractivity contribution >= 4 is 27.9 Å². The zero-order valence-electron chi connectivity index (χ0n) is 15.1. The van der Waals surface area contributed by atoms with Crippen molar-refractivity contribution in [3.8, 4) is 11.5 Å². The van der Waals surface area contributed by atoms with Gasteiger partial charge in [0.15, 0.2) is 0 Å². The molecule has 0 aliphatic carbocycles. The highest BCUT2D eigenvalue weighted by molar-refractivity contribution is 6.05. The van der Waals surface area contributed by atoms with Gasteiger partial charge in [0.1, 0.15) is 22.7 Å². The maximum absolute atomic E-state index is 12.1. The highest BCUT2D eigenvalue weighted by Crippen LogP contribution is 2.31. The van der Waals surface area contributed by atoms with Crippen LogP contribution in [-0.4, -0.2) is 12.6 Å². The molecule has 4 heteroatoms. The lowest BCUT2D eigenvalue weighted by Gasteiger charge is -2.07. The first-order valence-electron chi connectivity index (χ1n) is 9.00. The molecule has 136 valence electrons. The Kier molecular flexibility index (Phi) is 4.79. The monoisotopic (exact) mass is 360 g/mol. The van der Waals surface area contributed by atoms with Crippen molar-refractivity contribution in [3.05, 3.63) is 72.3 Å². The van der Waals surface area contributed by atoms with Gasteiger partial charge in [0, 0.05) is 17.2 Å². The molecule has 27 heavy (non-hydrogen) atoms. The molecule has 0 saturated carbocycles. The molecule has 0 saturated heterocycles. The molecular weight excluding hydrogens is 340 g/mol. The molecule has 0 aliphatic heterocycles. The van der Waals surface area contributed by atoms with Crippen LogP contribution >= 0.6 is 0 Å². The molecule has 0 radical (unpaired) electrons. The van der Waals surface area contributed by atoms with Crippen LogP contribution < -0.4 is 9.47 Å².